The molecule has 0 aliphatic heterocycles. The summed E-state index contributed by atoms with van der Waals surface area (Å²) in [4.78, 5) is 23.7. The van der Waals surface area contributed by atoms with Gasteiger partial charge in [-0.15, -0.1) is 0 Å². The van der Waals surface area contributed by atoms with Gasteiger partial charge in [-0.2, -0.15) is 23.5 Å². The Labute approximate surface area is 131 Å². The van der Waals surface area contributed by atoms with E-state index >= 15 is 0 Å². The zero-order valence-corrected chi connectivity index (χ0v) is 15.0. The Morgan fingerprint density at radius 3 is 1.90 bits per heavy atom. The quantitative estimate of drug-likeness (QED) is 0.683. The van der Waals surface area contributed by atoms with E-state index in [0.717, 1.165) is 6.42 Å². The fourth-order valence-electron chi connectivity index (χ4n) is 1.66. The second-order valence-electron chi connectivity index (χ2n) is 5.34. The van der Waals surface area contributed by atoms with E-state index < -0.39 is 0 Å². The van der Waals surface area contributed by atoms with Crippen LogP contribution in [0.15, 0.2) is 0 Å². The Balaban J connectivity index is 4.42. The standard InChI is InChI=1S/C14H28N2O2S2/c1-9(2)7-12(16-14(18)11(4)20-6)8-15-13(17)10(3)19-5/h9-12H,7-8H2,1-6H3,(H,15,17)(H,16,18). The summed E-state index contributed by atoms with van der Waals surface area (Å²) >= 11 is 3.04. The first-order valence-corrected chi connectivity index (χ1v) is 9.53. The van der Waals surface area contributed by atoms with Crippen molar-refractivity contribution in [1.29, 1.82) is 0 Å². The van der Waals surface area contributed by atoms with Crippen LogP contribution in [0.1, 0.15) is 34.1 Å². The third kappa shape index (κ3) is 8.04. The predicted octanol–water partition coefficient (Wildman–Crippen LogP) is 2.14. The SMILES string of the molecule is CSC(C)C(=O)NCC(CC(C)C)NC(=O)C(C)SC. The highest BCUT2D eigenvalue weighted by Crippen LogP contribution is 2.09. The third-order valence-corrected chi connectivity index (χ3v) is 4.91. The summed E-state index contributed by atoms with van der Waals surface area (Å²) in [7, 11) is 0. The van der Waals surface area contributed by atoms with E-state index in [-0.39, 0.29) is 28.4 Å². The zero-order chi connectivity index (χ0) is 15.7. The highest BCUT2D eigenvalue weighted by Gasteiger charge is 2.19. The van der Waals surface area contributed by atoms with E-state index in [1.165, 1.54) is 23.5 Å². The van der Waals surface area contributed by atoms with Gasteiger partial charge in [0.05, 0.1) is 10.5 Å². The summed E-state index contributed by atoms with van der Waals surface area (Å²) in [5.41, 5.74) is 0. The average Bonchev–Trinajstić information content (AvgIpc) is 2.41. The number of carbonyl (C=O) groups is 2. The van der Waals surface area contributed by atoms with Gasteiger partial charge < -0.3 is 10.6 Å². The summed E-state index contributed by atoms with van der Waals surface area (Å²) in [5, 5.41) is 5.83. The molecule has 0 heterocycles. The molecule has 0 rings (SSSR count). The van der Waals surface area contributed by atoms with E-state index in [1.807, 2.05) is 26.4 Å². The van der Waals surface area contributed by atoms with Crippen LogP contribution in [0.5, 0.6) is 0 Å². The van der Waals surface area contributed by atoms with E-state index in [2.05, 4.69) is 24.5 Å². The number of rotatable bonds is 9. The smallest absolute Gasteiger partial charge is 0.233 e. The summed E-state index contributed by atoms with van der Waals surface area (Å²) in [6.45, 7) is 8.49. The molecule has 0 saturated carbocycles. The molecule has 4 nitrogen and oxygen atoms in total. The van der Waals surface area contributed by atoms with Gasteiger partial charge in [0.25, 0.3) is 0 Å². The van der Waals surface area contributed by atoms with E-state index in [4.69, 9.17) is 0 Å². The summed E-state index contributed by atoms with van der Waals surface area (Å²) in [5.74, 6) is 0.536. The normalized spacial score (nSPS) is 15.6. The molecular weight excluding hydrogens is 292 g/mol. The fourth-order valence-corrected chi connectivity index (χ4v) is 2.24. The lowest BCUT2D eigenvalue weighted by atomic mass is 10.0. The number of carbonyl (C=O) groups excluding carboxylic acids is 2. The van der Waals surface area contributed by atoms with Crippen molar-refractivity contribution >= 4 is 35.3 Å². The van der Waals surface area contributed by atoms with E-state index in [1.54, 1.807) is 0 Å². The molecule has 6 heteroatoms. The van der Waals surface area contributed by atoms with Gasteiger partial charge in [0, 0.05) is 12.6 Å². The molecule has 0 fully saturated rings. The fraction of sp³-hybridized carbons (Fsp3) is 0.857. The molecule has 0 aromatic carbocycles. The van der Waals surface area contributed by atoms with Crippen LogP contribution in [-0.2, 0) is 9.59 Å². The largest absolute Gasteiger partial charge is 0.353 e. The van der Waals surface area contributed by atoms with Crippen LogP contribution in [0.2, 0.25) is 0 Å². The van der Waals surface area contributed by atoms with Crippen molar-refractivity contribution in [2.24, 2.45) is 5.92 Å². The van der Waals surface area contributed by atoms with Crippen LogP contribution in [0.4, 0.5) is 0 Å². The van der Waals surface area contributed by atoms with E-state index in [9.17, 15) is 9.59 Å². The van der Waals surface area contributed by atoms with Gasteiger partial charge in [-0.25, -0.2) is 0 Å². The lowest BCUT2D eigenvalue weighted by molar-refractivity contribution is -0.122. The molecule has 0 radical (unpaired) electrons. The first-order valence-electron chi connectivity index (χ1n) is 6.95. The van der Waals surface area contributed by atoms with Gasteiger partial charge in [0.2, 0.25) is 11.8 Å². The molecule has 0 aromatic heterocycles. The highest BCUT2D eigenvalue weighted by molar-refractivity contribution is 8.00. The molecule has 118 valence electrons. The van der Waals surface area contributed by atoms with Crippen molar-refractivity contribution in [3.05, 3.63) is 0 Å². The molecular formula is C14H28N2O2S2. The predicted molar refractivity (Wildman–Crippen MR) is 90.3 cm³/mol. The van der Waals surface area contributed by atoms with Crippen LogP contribution < -0.4 is 10.6 Å². The minimum atomic E-state index is -0.0644. The van der Waals surface area contributed by atoms with Crippen LogP contribution in [0, 0.1) is 5.92 Å². The molecule has 2 N–H and O–H groups in total. The van der Waals surface area contributed by atoms with Gasteiger partial charge in [-0.05, 0) is 38.7 Å². The minimum absolute atomic E-state index is 0.00453. The van der Waals surface area contributed by atoms with Crippen molar-refractivity contribution in [2.45, 2.75) is 50.7 Å². The number of amides is 2. The summed E-state index contributed by atoms with van der Waals surface area (Å²) < 4.78 is 0. The van der Waals surface area contributed by atoms with Gasteiger partial charge in [-0.3, -0.25) is 9.59 Å². The maximum absolute atomic E-state index is 12.0. The number of thioether (sulfide) groups is 2. The minimum Gasteiger partial charge on any atom is -0.353 e. The molecule has 0 aliphatic carbocycles. The number of hydrogen-bond donors (Lipinski definition) is 2. The van der Waals surface area contributed by atoms with Crippen LogP contribution in [0.3, 0.4) is 0 Å². The summed E-state index contributed by atoms with van der Waals surface area (Å²) in [6.07, 6.45) is 4.70. The van der Waals surface area contributed by atoms with Crippen molar-refractivity contribution in [1.82, 2.24) is 10.6 Å². The summed E-state index contributed by atoms with van der Waals surface area (Å²) in [6, 6.07) is -0.00453. The second-order valence-corrected chi connectivity index (χ2v) is 7.69. The molecule has 2 amide bonds. The van der Waals surface area contributed by atoms with Gasteiger partial charge in [-0.1, -0.05) is 13.8 Å². The number of nitrogens with one attached hydrogen (secondary N) is 2. The van der Waals surface area contributed by atoms with Gasteiger partial charge in [0.15, 0.2) is 0 Å². The first kappa shape index (κ1) is 19.6. The molecule has 0 spiro atoms. The van der Waals surface area contributed by atoms with Crippen molar-refractivity contribution < 1.29 is 9.59 Å². The topological polar surface area (TPSA) is 58.2 Å². The Morgan fingerprint density at radius 2 is 1.45 bits per heavy atom. The Morgan fingerprint density at radius 1 is 0.950 bits per heavy atom. The maximum Gasteiger partial charge on any atom is 0.233 e. The molecule has 20 heavy (non-hydrogen) atoms. The van der Waals surface area contributed by atoms with Crippen LogP contribution in [-0.4, -0.2) is 47.4 Å². The monoisotopic (exact) mass is 320 g/mol. The Kier molecular flexibility index (Phi) is 10.2. The first-order chi connectivity index (χ1) is 9.31. The molecule has 3 atom stereocenters. The number of hydrogen-bond acceptors (Lipinski definition) is 4. The van der Waals surface area contributed by atoms with E-state index in [0.29, 0.717) is 12.5 Å². The van der Waals surface area contributed by atoms with Crippen LogP contribution >= 0.6 is 23.5 Å². The Bertz CT molecular complexity index is 312. The second kappa shape index (κ2) is 10.4. The highest BCUT2D eigenvalue weighted by atomic mass is 32.2. The van der Waals surface area contributed by atoms with Crippen molar-refractivity contribution in [3.8, 4) is 0 Å². The average molecular weight is 321 g/mol. The maximum atomic E-state index is 12.0. The lowest BCUT2D eigenvalue weighted by Crippen LogP contribution is -2.47. The third-order valence-electron chi connectivity index (χ3n) is 3.07. The molecule has 0 aliphatic rings. The molecule has 0 aromatic rings. The van der Waals surface area contributed by atoms with Crippen LogP contribution in [0.25, 0.3) is 0 Å². The molecule has 0 saturated heterocycles. The van der Waals surface area contributed by atoms with Crippen molar-refractivity contribution in [2.75, 3.05) is 19.1 Å². The lowest BCUT2D eigenvalue weighted by Gasteiger charge is -2.23. The Hall–Kier alpha value is -0.360. The zero-order valence-electron chi connectivity index (χ0n) is 13.4. The van der Waals surface area contributed by atoms with Gasteiger partial charge in [0.1, 0.15) is 0 Å². The molecule has 3 unspecified atom stereocenters. The molecule has 0 bridgehead atoms. The van der Waals surface area contributed by atoms with Gasteiger partial charge >= 0.3 is 0 Å². The van der Waals surface area contributed by atoms with Crippen molar-refractivity contribution in [3.63, 3.8) is 0 Å².